The van der Waals surface area contributed by atoms with E-state index in [1.165, 1.54) is 12.3 Å². The molecule has 1 amide bonds. The smallest absolute Gasteiger partial charge is 0.225 e. The lowest BCUT2D eigenvalue weighted by Crippen LogP contribution is -2.26. The predicted molar refractivity (Wildman–Crippen MR) is 132 cm³/mol. The number of para-hydroxylation sites is 1. The number of amides is 1. The Balaban J connectivity index is 1.41. The summed E-state index contributed by atoms with van der Waals surface area (Å²) in [5, 5.41) is 3.03. The number of ether oxygens (including phenoxy) is 1. The summed E-state index contributed by atoms with van der Waals surface area (Å²) in [6.07, 6.45) is 2.33. The highest BCUT2D eigenvalue weighted by molar-refractivity contribution is 7.90. The third kappa shape index (κ3) is 7.73. The lowest BCUT2D eigenvalue weighted by Gasteiger charge is -2.17. The quantitative estimate of drug-likeness (QED) is 0.422. The number of hydrogen-bond acceptors (Lipinski definition) is 5. The van der Waals surface area contributed by atoms with Crippen LogP contribution in [-0.4, -0.2) is 52.2 Å². The highest BCUT2D eigenvalue weighted by atomic mass is 32.2. The van der Waals surface area contributed by atoms with Crippen molar-refractivity contribution in [3.63, 3.8) is 0 Å². The Kier molecular flexibility index (Phi) is 8.63. The number of hydrogen-bond donors (Lipinski definition) is 1. The van der Waals surface area contributed by atoms with E-state index in [2.05, 4.69) is 10.2 Å². The summed E-state index contributed by atoms with van der Waals surface area (Å²) >= 11 is 0. The first kappa shape index (κ1) is 24.5. The van der Waals surface area contributed by atoms with Gasteiger partial charge in [-0.3, -0.25) is 4.79 Å². The second-order valence-electron chi connectivity index (χ2n) is 7.96. The molecule has 0 spiro atoms. The molecule has 3 aromatic carbocycles. The fraction of sp³-hybridized carbons (Fsp3) is 0.269. The van der Waals surface area contributed by atoms with Gasteiger partial charge in [-0.25, -0.2) is 8.42 Å². The second kappa shape index (κ2) is 11.6. The Morgan fingerprint density at radius 1 is 0.939 bits per heavy atom. The third-order valence-electron chi connectivity index (χ3n) is 5.19. The van der Waals surface area contributed by atoms with Gasteiger partial charge in [-0.05, 0) is 43.3 Å². The van der Waals surface area contributed by atoms with Crippen LogP contribution in [0.2, 0.25) is 0 Å². The minimum atomic E-state index is -3.25. The van der Waals surface area contributed by atoms with Crippen molar-refractivity contribution < 1.29 is 17.9 Å². The van der Waals surface area contributed by atoms with Crippen LogP contribution < -0.4 is 10.1 Å². The Bertz CT molecular complexity index is 1160. The third-order valence-corrected chi connectivity index (χ3v) is 6.30. The van der Waals surface area contributed by atoms with Gasteiger partial charge in [0.15, 0.2) is 9.84 Å². The molecule has 0 heterocycles. The average molecular weight is 467 g/mol. The van der Waals surface area contributed by atoms with Crippen LogP contribution in [0.4, 0.5) is 5.69 Å². The molecular weight excluding hydrogens is 436 g/mol. The first-order valence-corrected chi connectivity index (χ1v) is 12.8. The number of carbonyl (C=O) groups excluding carboxylic acids is 1. The van der Waals surface area contributed by atoms with E-state index in [-0.39, 0.29) is 10.8 Å². The number of rotatable bonds is 11. The first-order valence-electron chi connectivity index (χ1n) is 10.9. The van der Waals surface area contributed by atoms with Crippen LogP contribution in [0.1, 0.15) is 12.8 Å². The molecule has 0 saturated carbocycles. The van der Waals surface area contributed by atoms with Crippen molar-refractivity contribution in [3.8, 4) is 16.9 Å². The minimum absolute atomic E-state index is 0.0286. The molecule has 0 fully saturated rings. The van der Waals surface area contributed by atoms with Crippen LogP contribution in [-0.2, 0) is 14.6 Å². The maximum absolute atomic E-state index is 12.5. The molecule has 0 aliphatic rings. The highest BCUT2D eigenvalue weighted by Crippen LogP contribution is 2.27. The van der Waals surface area contributed by atoms with Gasteiger partial charge in [0.25, 0.3) is 0 Å². The number of nitrogens with zero attached hydrogens (tertiary/aromatic N) is 1. The summed E-state index contributed by atoms with van der Waals surface area (Å²) in [7, 11) is -1.28. The van der Waals surface area contributed by atoms with Gasteiger partial charge >= 0.3 is 0 Å². The molecule has 0 atom stereocenters. The molecule has 3 aromatic rings. The summed E-state index contributed by atoms with van der Waals surface area (Å²) in [4.78, 5) is 14.8. The van der Waals surface area contributed by atoms with Gasteiger partial charge in [0.05, 0.1) is 11.5 Å². The van der Waals surface area contributed by atoms with Crippen molar-refractivity contribution in [3.05, 3.63) is 78.9 Å². The first-order chi connectivity index (χ1) is 15.8. The summed E-state index contributed by atoms with van der Waals surface area (Å²) in [5.74, 6) is 0.510. The van der Waals surface area contributed by atoms with Gasteiger partial charge in [0, 0.05) is 37.0 Å². The van der Waals surface area contributed by atoms with E-state index in [0.29, 0.717) is 25.3 Å². The maximum Gasteiger partial charge on any atom is 0.225 e. The van der Waals surface area contributed by atoms with Crippen molar-refractivity contribution in [1.82, 2.24) is 4.90 Å². The fourth-order valence-electron chi connectivity index (χ4n) is 3.40. The Hall–Kier alpha value is -3.16. The number of sulfone groups is 1. The van der Waals surface area contributed by atoms with E-state index in [1.54, 1.807) is 18.2 Å². The monoisotopic (exact) mass is 466 g/mol. The highest BCUT2D eigenvalue weighted by Gasteiger charge is 2.10. The maximum atomic E-state index is 12.5. The van der Waals surface area contributed by atoms with Crippen LogP contribution in [0, 0.1) is 0 Å². The van der Waals surface area contributed by atoms with Crippen molar-refractivity contribution in [2.75, 3.05) is 38.3 Å². The lowest BCUT2D eigenvalue weighted by atomic mass is 10.0. The van der Waals surface area contributed by atoms with Gasteiger partial charge in [0.2, 0.25) is 5.91 Å². The molecule has 3 rings (SSSR count). The fourth-order valence-corrected chi connectivity index (χ4v) is 4.05. The zero-order valence-corrected chi connectivity index (χ0v) is 19.8. The largest absolute Gasteiger partial charge is 0.494 e. The Morgan fingerprint density at radius 3 is 2.42 bits per heavy atom. The van der Waals surface area contributed by atoms with E-state index >= 15 is 0 Å². The number of anilines is 1. The molecule has 0 radical (unpaired) electrons. The zero-order chi connectivity index (χ0) is 23.7. The van der Waals surface area contributed by atoms with Gasteiger partial charge < -0.3 is 15.0 Å². The van der Waals surface area contributed by atoms with E-state index in [0.717, 1.165) is 29.8 Å². The van der Waals surface area contributed by atoms with Gasteiger partial charge in [0.1, 0.15) is 5.75 Å². The van der Waals surface area contributed by atoms with E-state index in [1.807, 2.05) is 61.6 Å². The van der Waals surface area contributed by atoms with Crippen LogP contribution in [0.25, 0.3) is 11.1 Å². The van der Waals surface area contributed by atoms with Crippen molar-refractivity contribution in [2.24, 2.45) is 0 Å². The Labute approximate surface area is 196 Å². The van der Waals surface area contributed by atoms with E-state index < -0.39 is 9.84 Å². The standard InChI is InChI=1S/C26H30N2O4S/c1-28(17-9-19-32-22-12-8-13-23(20-22)33(2,30)31)18-16-26(29)27-25-15-7-6-14-24(25)21-10-4-3-5-11-21/h3-8,10-15,20H,9,16-19H2,1-2H3,(H,27,29). The second-order valence-corrected chi connectivity index (χ2v) is 9.98. The minimum Gasteiger partial charge on any atom is -0.494 e. The molecule has 6 nitrogen and oxygen atoms in total. The molecule has 1 N–H and O–H groups in total. The molecular formula is C26H30N2O4S. The number of nitrogens with one attached hydrogen (secondary N) is 1. The van der Waals surface area contributed by atoms with Crippen molar-refractivity contribution in [2.45, 2.75) is 17.7 Å². The molecule has 174 valence electrons. The number of carbonyl (C=O) groups is 1. The van der Waals surface area contributed by atoms with Crippen LogP contribution in [0.3, 0.4) is 0 Å². The molecule has 33 heavy (non-hydrogen) atoms. The van der Waals surface area contributed by atoms with Crippen LogP contribution in [0.5, 0.6) is 5.75 Å². The van der Waals surface area contributed by atoms with Crippen LogP contribution in [0.15, 0.2) is 83.8 Å². The molecule has 0 bridgehead atoms. The molecule has 0 unspecified atom stereocenters. The van der Waals surface area contributed by atoms with Gasteiger partial charge in [-0.2, -0.15) is 0 Å². The molecule has 0 aromatic heterocycles. The van der Waals surface area contributed by atoms with Gasteiger partial charge in [-0.15, -0.1) is 0 Å². The molecule has 7 heteroatoms. The topological polar surface area (TPSA) is 75.7 Å². The van der Waals surface area contributed by atoms with Crippen molar-refractivity contribution in [1.29, 1.82) is 0 Å². The van der Waals surface area contributed by atoms with E-state index in [9.17, 15) is 13.2 Å². The molecule has 0 aliphatic carbocycles. The zero-order valence-electron chi connectivity index (χ0n) is 19.0. The summed E-state index contributed by atoms with van der Waals surface area (Å²) in [6.45, 7) is 1.86. The predicted octanol–water partition coefficient (Wildman–Crippen LogP) is 4.49. The lowest BCUT2D eigenvalue weighted by molar-refractivity contribution is -0.116. The average Bonchev–Trinajstić information content (AvgIpc) is 2.81. The van der Waals surface area contributed by atoms with Gasteiger partial charge in [-0.1, -0.05) is 54.6 Å². The van der Waals surface area contributed by atoms with Crippen molar-refractivity contribution >= 4 is 21.4 Å². The summed E-state index contributed by atoms with van der Waals surface area (Å²) < 4.78 is 29.0. The molecule has 0 aliphatic heterocycles. The molecule has 0 saturated heterocycles. The SMILES string of the molecule is CN(CCCOc1cccc(S(C)(=O)=O)c1)CCC(=O)Nc1ccccc1-c1ccccc1. The normalized spacial score (nSPS) is 11.4. The van der Waals surface area contributed by atoms with Crippen LogP contribution >= 0.6 is 0 Å². The summed E-state index contributed by atoms with van der Waals surface area (Å²) in [5.41, 5.74) is 2.87. The van der Waals surface area contributed by atoms with E-state index in [4.69, 9.17) is 4.74 Å². The summed E-state index contributed by atoms with van der Waals surface area (Å²) in [6, 6.07) is 24.3. The number of benzene rings is 3. The Morgan fingerprint density at radius 2 is 1.67 bits per heavy atom.